The molecule has 0 spiro atoms. The first-order valence-corrected chi connectivity index (χ1v) is 7.11. The molecule has 5 heteroatoms. The van der Waals surface area contributed by atoms with Gasteiger partial charge in [0.05, 0.1) is 5.56 Å². The Kier molecular flexibility index (Phi) is 5.94. The number of amides is 1. The van der Waals surface area contributed by atoms with Crippen LogP contribution in [0.5, 0.6) is 5.75 Å². The monoisotopic (exact) mass is 300 g/mol. The van der Waals surface area contributed by atoms with Crippen LogP contribution < -0.4 is 15.8 Å². The van der Waals surface area contributed by atoms with Crippen molar-refractivity contribution in [2.75, 3.05) is 13.2 Å². The standard InChI is InChI=1S/C17H20N2O3/c18-17(21)15-8-4-5-9-16(15)22-12-14(20)11-19-10-13-6-2-1-3-7-13/h1-9,14,19-20H,10-12H2,(H2,18,21). The molecule has 0 radical (unpaired) electrons. The van der Waals surface area contributed by atoms with E-state index in [-0.39, 0.29) is 6.61 Å². The molecule has 2 aromatic rings. The number of nitrogens with one attached hydrogen (secondary N) is 1. The van der Waals surface area contributed by atoms with Crippen LogP contribution in [0.3, 0.4) is 0 Å². The molecule has 0 bridgehead atoms. The summed E-state index contributed by atoms with van der Waals surface area (Å²) >= 11 is 0. The van der Waals surface area contributed by atoms with E-state index in [2.05, 4.69) is 5.32 Å². The summed E-state index contributed by atoms with van der Waals surface area (Å²) in [5, 5.41) is 13.1. The number of rotatable bonds is 8. The van der Waals surface area contributed by atoms with Gasteiger partial charge in [-0.15, -0.1) is 0 Å². The minimum Gasteiger partial charge on any atom is -0.490 e. The molecular formula is C17H20N2O3. The van der Waals surface area contributed by atoms with Crippen molar-refractivity contribution in [3.8, 4) is 5.75 Å². The highest BCUT2D eigenvalue weighted by Crippen LogP contribution is 2.17. The number of ether oxygens (including phenoxy) is 1. The maximum atomic E-state index is 11.3. The number of hydrogen-bond acceptors (Lipinski definition) is 4. The van der Waals surface area contributed by atoms with Crippen molar-refractivity contribution in [1.29, 1.82) is 0 Å². The molecule has 4 N–H and O–H groups in total. The zero-order chi connectivity index (χ0) is 15.8. The molecule has 2 rings (SSSR count). The second kappa shape index (κ2) is 8.17. The normalized spacial score (nSPS) is 11.9. The minimum absolute atomic E-state index is 0.0894. The number of para-hydroxylation sites is 1. The number of carbonyl (C=O) groups is 1. The maximum Gasteiger partial charge on any atom is 0.252 e. The molecule has 2 aromatic carbocycles. The van der Waals surface area contributed by atoms with E-state index in [9.17, 15) is 9.90 Å². The lowest BCUT2D eigenvalue weighted by atomic mass is 10.2. The van der Waals surface area contributed by atoms with Crippen LogP contribution in [-0.4, -0.2) is 30.3 Å². The molecule has 0 aliphatic heterocycles. The Bertz CT molecular complexity index is 602. The minimum atomic E-state index is -0.676. The Morgan fingerprint density at radius 2 is 1.82 bits per heavy atom. The fraction of sp³-hybridized carbons (Fsp3) is 0.235. The Morgan fingerprint density at radius 3 is 2.55 bits per heavy atom. The molecule has 0 saturated heterocycles. The summed E-state index contributed by atoms with van der Waals surface area (Å²) in [6.45, 7) is 1.16. The highest BCUT2D eigenvalue weighted by atomic mass is 16.5. The molecular weight excluding hydrogens is 280 g/mol. The van der Waals surface area contributed by atoms with E-state index in [1.54, 1.807) is 24.3 Å². The van der Waals surface area contributed by atoms with Crippen molar-refractivity contribution in [3.05, 3.63) is 65.7 Å². The first-order chi connectivity index (χ1) is 10.7. The van der Waals surface area contributed by atoms with Crippen molar-refractivity contribution in [3.63, 3.8) is 0 Å². The Hall–Kier alpha value is -2.37. The van der Waals surface area contributed by atoms with Crippen LogP contribution >= 0.6 is 0 Å². The second-order valence-corrected chi connectivity index (χ2v) is 4.94. The lowest BCUT2D eigenvalue weighted by Gasteiger charge is -2.14. The lowest BCUT2D eigenvalue weighted by molar-refractivity contribution is 0.0963. The van der Waals surface area contributed by atoms with Gasteiger partial charge in [0.25, 0.3) is 5.91 Å². The van der Waals surface area contributed by atoms with E-state index in [1.165, 1.54) is 0 Å². The first kappa shape index (κ1) is 16.0. The van der Waals surface area contributed by atoms with E-state index in [0.29, 0.717) is 24.4 Å². The number of benzene rings is 2. The van der Waals surface area contributed by atoms with Crippen LogP contribution in [-0.2, 0) is 6.54 Å². The van der Waals surface area contributed by atoms with Crippen molar-refractivity contribution >= 4 is 5.91 Å². The summed E-state index contributed by atoms with van der Waals surface area (Å²) in [6, 6.07) is 16.6. The van der Waals surface area contributed by atoms with Gasteiger partial charge in [-0.3, -0.25) is 4.79 Å². The van der Waals surface area contributed by atoms with Crippen molar-refractivity contribution < 1.29 is 14.6 Å². The van der Waals surface area contributed by atoms with Crippen LogP contribution in [0.2, 0.25) is 0 Å². The largest absolute Gasteiger partial charge is 0.490 e. The summed E-state index contributed by atoms with van der Waals surface area (Å²) < 4.78 is 5.47. The van der Waals surface area contributed by atoms with E-state index in [1.807, 2.05) is 30.3 Å². The summed E-state index contributed by atoms with van der Waals surface area (Å²) in [5.74, 6) is -0.163. The SMILES string of the molecule is NC(=O)c1ccccc1OCC(O)CNCc1ccccc1. The van der Waals surface area contributed by atoms with Crippen LogP contribution in [0.1, 0.15) is 15.9 Å². The quantitative estimate of drug-likeness (QED) is 0.686. The summed E-state index contributed by atoms with van der Waals surface area (Å²) in [5.41, 5.74) is 6.73. The van der Waals surface area contributed by atoms with Crippen molar-refractivity contribution in [2.24, 2.45) is 5.73 Å². The van der Waals surface area contributed by atoms with Gasteiger partial charge in [-0.25, -0.2) is 0 Å². The van der Waals surface area contributed by atoms with Gasteiger partial charge >= 0.3 is 0 Å². The van der Waals surface area contributed by atoms with E-state index < -0.39 is 12.0 Å². The average molecular weight is 300 g/mol. The van der Waals surface area contributed by atoms with Crippen molar-refractivity contribution in [2.45, 2.75) is 12.6 Å². The summed E-state index contributed by atoms with van der Waals surface area (Å²) in [7, 11) is 0. The summed E-state index contributed by atoms with van der Waals surface area (Å²) in [4.78, 5) is 11.3. The smallest absolute Gasteiger partial charge is 0.252 e. The maximum absolute atomic E-state index is 11.3. The van der Waals surface area contributed by atoms with E-state index in [0.717, 1.165) is 5.56 Å². The van der Waals surface area contributed by atoms with Gasteiger partial charge in [0.1, 0.15) is 18.5 Å². The number of primary amides is 1. The number of nitrogens with two attached hydrogens (primary N) is 1. The Morgan fingerprint density at radius 1 is 1.14 bits per heavy atom. The van der Waals surface area contributed by atoms with Gasteiger partial charge < -0.3 is 20.9 Å². The molecule has 0 fully saturated rings. The second-order valence-electron chi connectivity index (χ2n) is 4.94. The van der Waals surface area contributed by atoms with Crippen LogP contribution in [0.25, 0.3) is 0 Å². The predicted molar refractivity (Wildman–Crippen MR) is 84.6 cm³/mol. The highest BCUT2D eigenvalue weighted by molar-refractivity contribution is 5.95. The number of aliphatic hydroxyl groups excluding tert-OH is 1. The fourth-order valence-corrected chi connectivity index (χ4v) is 2.02. The molecule has 1 unspecified atom stereocenters. The van der Waals surface area contributed by atoms with E-state index >= 15 is 0 Å². The van der Waals surface area contributed by atoms with Crippen LogP contribution in [0, 0.1) is 0 Å². The first-order valence-electron chi connectivity index (χ1n) is 7.11. The molecule has 0 aliphatic carbocycles. The number of hydrogen-bond donors (Lipinski definition) is 3. The third-order valence-corrected chi connectivity index (χ3v) is 3.14. The highest BCUT2D eigenvalue weighted by Gasteiger charge is 2.10. The van der Waals surface area contributed by atoms with Gasteiger partial charge in [-0.1, -0.05) is 42.5 Å². The molecule has 0 aromatic heterocycles. The molecule has 0 saturated carbocycles. The third-order valence-electron chi connectivity index (χ3n) is 3.14. The van der Waals surface area contributed by atoms with Gasteiger partial charge in [-0.05, 0) is 17.7 Å². The van der Waals surface area contributed by atoms with Crippen molar-refractivity contribution in [1.82, 2.24) is 5.32 Å². The van der Waals surface area contributed by atoms with Crippen LogP contribution in [0.15, 0.2) is 54.6 Å². The molecule has 116 valence electrons. The Balaban J connectivity index is 1.76. The molecule has 22 heavy (non-hydrogen) atoms. The van der Waals surface area contributed by atoms with E-state index in [4.69, 9.17) is 10.5 Å². The third kappa shape index (κ3) is 4.87. The lowest BCUT2D eigenvalue weighted by Crippen LogP contribution is -2.31. The van der Waals surface area contributed by atoms with Gasteiger partial charge in [0.15, 0.2) is 0 Å². The van der Waals surface area contributed by atoms with Gasteiger partial charge in [0, 0.05) is 13.1 Å². The van der Waals surface area contributed by atoms with Gasteiger partial charge in [0.2, 0.25) is 0 Å². The molecule has 1 amide bonds. The molecule has 0 heterocycles. The Labute approximate surface area is 129 Å². The topological polar surface area (TPSA) is 84.6 Å². The number of aliphatic hydroxyl groups is 1. The zero-order valence-electron chi connectivity index (χ0n) is 12.2. The summed E-state index contributed by atoms with van der Waals surface area (Å²) in [6.07, 6.45) is -0.676. The molecule has 5 nitrogen and oxygen atoms in total. The number of carbonyl (C=O) groups excluding carboxylic acids is 1. The fourth-order valence-electron chi connectivity index (χ4n) is 2.02. The predicted octanol–water partition coefficient (Wildman–Crippen LogP) is 1.31. The average Bonchev–Trinajstić information content (AvgIpc) is 2.54. The zero-order valence-corrected chi connectivity index (χ0v) is 12.2. The van der Waals surface area contributed by atoms with Gasteiger partial charge in [-0.2, -0.15) is 0 Å². The molecule has 0 aliphatic rings. The molecule has 1 atom stereocenters. The van der Waals surface area contributed by atoms with Crippen LogP contribution in [0.4, 0.5) is 0 Å².